The smallest absolute Gasteiger partial charge is 0.266 e. The lowest BCUT2D eigenvalue weighted by Gasteiger charge is -2.12. The summed E-state index contributed by atoms with van der Waals surface area (Å²) in [4.78, 5) is 12.6. The Morgan fingerprint density at radius 1 is 1.03 bits per heavy atom. The molecule has 0 heterocycles. The van der Waals surface area contributed by atoms with Crippen molar-refractivity contribution in [1.82, 2.24) is 0 Å². The van der Waals surface area contributed by atoms with Gasteiger partial charge in [0, 0.05) is 21.3 Å². The van der Waals surface area contributed by atoms with Gasteiger partial charge >= 0.3 is 0 Å². The van der Waals surface area contributed by atoms with Gasteiger partial charge in [-0.1, -0.05) is 70.7 Å². The predicted molar refractivity (Wildman–Crippen MR) is 131 cm³/mol. The molecular formula is C24H16Cl4N2O2. The van der Waals surface area contributed by atoms with Gasteiger partial charge in [0.1, 0.15) is 18.2 Å². The molecular weight excluding hydrogens is 490 g/mol. The molecule has 0 atom stereocenters. The molecule has 162 valence electrons. The highest BCUT2D eigenvalue weighted by molar-refractivity contribution is 6.37. The number of halogens is 4. The van der Waals surface area contributed by atoms with Crippen LogP contribution in [0.3, 0.4) is 0 Å². The molecule has 0 fully saturated rings. The Morgan fingerprint density at radius 3 is 2.38 bits per heavy atom. The molecule has 0 radical (unpaired) electrons. The van der Waals surface area contributed by atoms with E-state index < -0.39 is 5.91 Å². The third kappa shape index (κ3) is 5.97. The fourth-order valence-corrected chi connectivity index (χ4v) is 3.78. The zero-order valence-corrected chi connectivity index (χ0v) is 19.8. The van der Waals surface area contributed by atoms with Gasteiger partial charge in [-0.05, 0) is 54.5 Å². The summed E-state index contributed by atoms with van der Waals surface area (Å²) in [5.41, 5.74) is 2.46. The van der Waals surface area contributed by atoms with E-state index in [2.05, 4.69) is 5.32 Å². The monoisotopic (exact) mass is 504 g/mol. The molecule has 1 N–H and O–H groups in total. The minimum absolute atomic E-state index is 0.124. The molecule has 0 saturated heterocycles. The van der Waals surface area contributed by atoms with Crippen molar-refractivity contribution in [3.05, 3.63) is 97.0 Å². The van der Waals surface area contributed by atoms with Crippen LogP contribution in [-0.2, 0) is 11.4 Å². The number of hydrogen-bond acceptors (Lipinski definition) is 3. The van der Waals surface area contributed by atoms with Gasteiger partial charge in [-0.2, -0.15) is 5.26 Å². The molecule has 32 heavy (non-hydrogen) atoms. The Hall–Kier alpha value is -2.68. The number of benzene rings is 3. The van der Waals surface area contributed by atoms with Gasteiger partial charge in [-0.25, -0.2) is 0 Å². The van der Waals surface area contributed by atoms with E-state index in [4.69, 9.17) is 51.1 Å². The zero-order chi connectivity index (χ0) is 23.3. The van der Waals surface area contributed by atoms with Crippen molar-refractivity contribution in [2.24, 2.45) is 0 Å². The van der Waals surface area contributed by atoms with Crippen LogP contribution in [0.15, 0.2) is 60.2 Å². The van der Waals surface area contributed by atoms with Gasteiger partial charge in [-0.3, -0.25) is 4.79 Å². The van der Waals surface area contributed by atoms with E-state index in [0.717, 1.165) is 11.1 Å². The Kier molecular flexibility index (Phi) is 8.06. The van der Waals surface area contributed by atoms with Crippen molar-refractivity contribution in [1.29, 1.82) is 5.26 Å². The predicted octanol–water partition coefficient (Wildman–Crippen LogP) is 7.73. The van der Waals surface area contributed by atoms with E-state index in [1.807, 2.05) is 31.2 Å². The maximum absolute atomic E-state index is 12.6. The molecule has 0 aliphatic carbocycles. The highest BCUT2D eigenvalue weighted by Crippen LogP contribution is 2.36. The Bertz CT molecular complexity index is 1230. The minimum atomic E-state index is -0.579. The van der Waals surface area contributed by atoms with Crippen molar-refractivity contribution in [2.45, 2.75) is 13.5 Å². The van der Waals surface area contributed by atoms with Crippen LogP contribution in [0.2, 0.25) is 20.1 Å². The quantitative estimate of drug-likeness (QED) is 0.275. The number of amides is 1. The number of ether oxygens (including phenoxy) is 1. The van der Waals surface area contributed by atoms with Gasteiger partial charge in [-0.15, -0.1) is 0 Å². The number of aryl methyl sites for hydroxylation is 1. The highest BCUT2D eigenvalue weighted by Gasteiger charge is 2.14. The Morgan fingerprint density at radius 2 is 1.72 bits per heavy atom. The number of carbonyl (C=O) groups excluding carboxylic acids is 1. The Labute approximate surface area is 205 Å². The summed E-state index contributed by atoms with van der Waals surface area (Å²) in [6.07, 6.45) is 1.39. The minimum Gasteiger partial charge on any atom is -0.486 e. The van der Waals surface area contributed by atoms with Crippen molar-refractivity contribution < 1.29 is 9.53 Å². The van der Waals surface area contributed by atoms with E-state index in [1.165, 1.54) is 6.08 Å². The summed E-state index contributed by atoms with van der Waals surface area (Å²) in [5.74, 6) is -0.299. The maximum atomic E-state index is 12.6. The molecule has 0 aliphatic heterocycles. The molecule has 1 amide bonds. The lowest BCUT2D eigenvalue weighted by molar-refractivity contribution is -0.112. The van der Waals surface area contributed by atoms with Gasteiger partial charge in [0.05, 0.1) is 10.0 Å². The molecule has 8 heteroatoms. The lowest BCUT2D eigenvalue weighted by atomic mass is 10.1. The number of rotatable bonds is 6. The van der Waals surface area contributed by atoms with Gasteiger partial charge in [0.2, 0.25) is 0 Å². The average molecular weight is 506 g/mol. The molecule has 0 aliphatic rings. The molecule has 0 unspecified atom stereocenters. The van der Waals surface area contributed by atoms with Crippen molar-refractivity contribution in [2.75, 3.05) is 5.32 Å². The molecule has 4 nitrogen and oxygen atoms in total. The molecule has 3 rings (SSSR count). The first kappa shape index (κ1) is 24.0. The van der Waals surface area contributed by atoms with Crippen molar-refractivity contribution in [3.8, 4) is 11.8 Å². The number of anilines is 1. The van der Waals surface area contributed by atoms with Crippen LogP contribution in [0.25, 0.3) is 6.08 Å². The lowest BCUT2D eigenvalue weighted by Crippen LogP contribution is -2.14. The molecule has 0 spiro atoms. The maximum Gasteiger partial charge on any atom is 0.266 e. The fraction of sp³-hybridized carbons (Fsp3) is 0.0833. The summed E-state index contributed by atoms with van der Waals surface area (Å²) in [5, 5.41) is 13.7. The molecule has 0 aromatic heterocycles. The van der Waals surface area contributed by atoms with Crippen molar-refractivity contribution in [3.63, 3.8) is 0 Å². The van der Waals surface area contributed by atoms with Gasteiger partial charge in [0.15, 0.2) is 5.75 Å². The van der Waals surface area contributed by atoms with E-state index in [0.29, 0.717) is 21.3 Å². The van der Waals surface area contributed by atoms with Crippen LogP contribution >= 0.6 is 46.4 Å². The number of nitrogens with one attached hydrogen (secondary N) is 1. The van der Waals surface area contributed by atoms with Crippen LogP contribution in [0, 0.1) is 18.3 Å². The SMILES string of the molecule is Cc1ccc(Cl)cc1NC(=O)/C(C#N)=C/c1cc(Cl)c(OCc2ccccc2Cl)c(Cl)c1. The molecule has 0 bridgehead atoms. The van der Waals surface area contributed by atoms with Crippen LogP contribution in [0.1, 0.15) is 16.7 Å². The van der Waals surface area contributed by atoms with E-state index in [1.54, 1.807) is 36.4 Å². The second-order valence-corrected chi connectivity index (χ2v) is 8.43. The first-order valence-electron chi connectivity index (χ1n) is 9.33. The second-order valence-electron chi connectivity index (χ2n) is 6.78. The standard InChI is InChI=1S/C24H16Cl4N2O2/c1-14-6-7-18(25)11-22(14)30-24(31)17(12-29)8-15-9-20(27)23(21(28)10-15)32-13-16-4-2-3-5-19(16)26/h2-11H,13H2,1H3,(H,30,31)/b17-8+. The summed E-state index contributed by atoms with van der Waals surface area (Å²) < 4.78 is 5.75. The number of hydrogen-bond donors (Lipinski definition) is 1. The van der Waals surface area contributed by atoms with E-state index in [9.17, 15) is 10.1 Å². The summed E-state index contributed by atoms with van der Waals surface area (Å²) in [6, 6.07) is 17.4. The molecule has 3 aromatic rings. The van der Waals surface area contributed by atoms with Crippen LogP contribution in [0.5, 0.6) is 5.75 Å². The number of nitrogens with zero attached hydrogens (tertiary/aromatic N) is 1. The third-order valence-corrected chi connectivity index (χ3v) is 5.64. The van der Waals surface area contributed by atoms with Crippen molar-refractivity contribution >= 4 is 64.1 Å². The molecule has 0 saturated carbocycles. The van der Waals surface area contributed by atoms with Gasteiger partial charge in [0.25, 0.3) is 5.91 Å². The molecule has 3 aromatic carbocycles. The summed E-state index contributed by atoms with van der Waals surface area (Å²) >= 11 is 24.8. The van der Waals surface area contributed by atoms with E-state index >= 15 is 0 Å². The van der Waals surface area contributed by atoms with Crippen LogP contribution in [-0.4, -0.2) is 5.91 Å². The van der Waals surface area contributed by atoms with E-state index in [-0.39, 0.29) is 28.0 Å². The fourth-order valence-electron chi connectivity index (χ4n) is 2.80. The largest absolute Gasteiger partial charge is 0.486 e. The summed E-state index contributed by atoms with van der Waals surface area (Å²) in [6.45, 7) is 2.00. The first-order valence-corrected chi connectivity index (χ1v) is 10.8. The third-order valence-electron chi connectivity index (χ3n) is 4.47. The van der Waals surface area contributed by atoms with Gasteiger partial charge < -0.3 is 10.1 Å². The van der Waals surface area contributed by atoms with Crippen LogP contribution < -0.4 is 10.1 Å². The second kappa shape index (κ2) is 10.8. The normalized spacial score (nSPS) is 11.1. The first-order chi connectivity index (χ1) is 15.3. The zero-order valence-electron chi connectivity index (χ0n) is 16.8. The topological polar surface area (TPSA) is 62.1 Å². The average Bonchev–Trinajstić information content (AvgIpc) is 2.75. The Balaban J connectivity index is 1.80. The highest BCUT2D eigenvalue weighted by atomic mass is 35.5. The number of nitriles is 1. The number of carbonyl (C=O) groups is 1. The summed E-state index contributed by atoms with van der Waals surface area (Å²) in [7, 11) is 0. The van der Waals surface area contributed by atoms with Crippen LogP contribution in [0.4, 0.5) is 5.69 Å².